The zero-order valence-electron chi connectivity index (χ0n) is 16.3. The summed E-state index contributed by atoms with van der Waals surface area (Å²) >= 11 is 0. The van der Waals surface area contributed by atoms with Crippen LogP contribution in [0.15, 0.2) is 33.9 Å². The maximum absolute atomic E-state index is 12.8. The fraction of sp³-hybridized carbons (Fsp3) is 0.429. The highest BCUT2D eigenvalue weighted by Gasteiger charge is 2.35. The Balaban J connectivity index is 1.95. The van der Waals surface area contributed by atoms with E-state index >= 15 is 0 Å². The second-order valence-corrected chi connectivity index (χ2v) is 7.35. The smallest absolute Gasteiger partial charge is 0.331 e. The number of unbranched alkanes of at least 4 members (excludes halogenated alkanes) is 1. The number of rotatable bonds is 5. The number of likely N-dealkylation sites (N-methyl/N-ethyl adjacent to an activating group) is 1. The van der Waals surface area contributed by atoms with Crippen molar-refractivity contribution < 1.29 is 5.11 Å². The Labute approximate surface area is 162 Å². The van der Waals surface area contributed by atoms with Crippen LogP contribution >= 0.6 is 0 Å². The number of benzene rings is 1. The molecule has 28 heavy (non-hydrogen) atoms. The molecule has 1 atom stereocenters. The van der Waals surface area contributed by atoms with Crippen LogP contribution in [0.4, 0.5) is 0 Å². The molecule has 1 aliphatic rings. The monoisotopic (exact) mass is 382 g/mol. The summed E-state index contributed by atoms with van der Waals surface area (Å²) in [6, 6.07) is 7.67. The van der Waals surface area contributed by atoms with Gasteiger partial charge in [-0.05, 0) is 31.0 Å². The summed E-state index contributed by atoms with van der Waals surface area (Å²) in [4.78, 5) is 33.1. The lowest BCUT2D eigenvalue weighted by atomic mass is 9.93. The SMILES string of the molecule is CCCCn1c(O)c([C@@H]2c3[nH]c4ccccc4c3CCN2CC)c(=O)[nH]c1=O. The normalized spacial score (nSPS) is 17.1. The summed E-state index contributed by atoms with van der Waals surface area (Å²) in [6.07, 6.45) is 2.51. The van der Waals surface area contributed by atoms with E-state index in [4.69, 9.17) is 0 Å². The second-order valence-electron chi connectivity index (χ2n) is 7.35. The molecule has 3 heterocycles. The van der Waals surface area contributed by atoms with Gasteiger partial charge in [-0.2, -0.15) is 0 Å². The maximum Gasteiger partial charge on any atom is 0.331 e. The molecule has 0 saturated carbocycles. The highest BCUT2D eigenvalue weighted by atomic mass is 16.3. The van der Waals surface area contributed by atoms with Gasteiger partial charge in [0.2, 0.25) is 5.88 Å². The lowest BCUT2D eigenvalue weighted by Crippen LogP contribution is -2.41. The third kappa shape index (κ3) is 2.86. The highest BCUT2D eigenvalue weighted by molar-refractivity contribution is 5.85. The molecule has 0 aliphatic carbocycles. The predicted molar refractivity (Wildman–Crippen MR) is 109 cm³/mol. The van der Waals surface area contributed by atoms with E-state index in [0.29, 0.717) is 6.54 Å². The van der Waals surface area contributed by atoms with E-state index in [9.17, 15) is 14.7 Å². The minimum Gasteiger partial charge on any atom is -0.494 e. The van der Waals surface area contributed by atoms with E-state index in [-0.39, 0.29) is 11.4 Å². The Bertz CT molecular complexity index is 1120. The van der Waals surface area contributed by atoms with Crippen molar-refractivity contribution in [3.05, 3.63) is 61.9 Å². The van der Waals surface area contributed by atoms with Crippen LogP contribution in [0.3, 0.4) is 0 Å². The first-order valence-corrected chi connectivity index (χ1v) is 9.96. The molecule has 0 bridgehead atoms. The molecule has 0 unspecified atom stereocenters. The van der Waals surface area contributed by atoms with Gasteiger partial charge in [-0.15, -0.1) is 0 Å². The molecule has 7 heteroatoms. The van der Waals surface area contributed by atoms with Crippen LogP contribution in [0.25, 0.3) is 10.9 Å². The number of hydrogen-bond acceptors (Lipinski definition) is 4. The summed E-state index contributed by atoms with van der Waals surface area (Å²) in [5, 5.41) is 12.1. The van der Waals surface area contributed by atoms with Crippen LogP contribution < -0.4 is 11.2 Å². The van der Waals surface area contributed by atoms with Crippen molar-refractivity contribution in [1.29, 1.82) is 0 Å². The second kappa shape index (κ2) is 7.31. The van der Waals surface area contributed by atoms with Crippen molar-refractivity contribution >= 4 is 10.9 Å². The molecule has 2 aromatic heterocycles. The standard InChI is InChI=1S/C21H26N4O3/c1-3-5-11-25-20(27)16(19(26)23-21(25)28)18-17-14(10-12-24(18)4-2)13-8-6-7-9-15(13)22-17/h6-9,18,22,27H,3-5,10-12H2,1-2H3,(H,23,26,28)/t18-/m1/s1. The molecule has 0 radical (unpaired) electrons. The van der Waals surface area contributed by atoms with Crippen LogP contribution in [-0.2, 0) is 13.0 Å². The van der Waals surface area contributed by atoms with Gasteiger partial charge in [-0.25, -0.2) is 4.79 Å². The number of aromatic hydroxyl groups is 1. The third-order valence-corrected chi connectivity index (χ3v) is 5.76. The number of aromatic nitrogens is 3. The topological polar surface area (TPSA) is 94.1 Å². The molecule has 1 aromatic carbocycles. The maximum atomic E-state index is 12.8. The zero-order chi connectivity index (χ0) is 19.8. The number of nitrogens with one attached hydrogen (secondary N) is 2. The van der Waals surface area contributed by atoms with E-state index < -0.39 is 17.3 Å². The number of aromatic amines is 2. The van der Waals surface area contributed by atoms with Crippen molar-refractivity contribution in [3.8, 4) is 5.88 Å². The lowest BCUT2D eigenvalue weighted by molar-refractivity contribution is 0.214. The van der Waals surface area contributed by atoms with E-state index in [1.165, 1.54) is 10.1 Å². The third-order valence-electron chi connectivity index (χ3n) is 5.76. The molecule has 0 spiro atoms. The van der Waals surface area contributed by atoms with Gasteiger partial charge < -0.3 is 10.1 Å². The average molecular weight is 382 g/mol. The highest BCUT2D eigenvalue weighted by Crippen LogP contribution is 2.39. The zero-order valence-corrected chi connectivity index (χ0v) is 16.3. The van der Waals surface area contributed by atoms with Crippen molar-refractivity contribution in [2.45, 2.75) is 45.7 Å². The Morgan fingerprint density at radius 3 is 2.71 bits per heavy atom. The summed E-state index contributed by atoms with van der Waals surface area (Å²) in [5.74, 6) is -0.225. The summed E-state index contributed by atoms with van der Waals surface area (Å²) in [6.45, 7) is 5.95. The first kappa shape index (κ1) is 18.6. The van der Waals surface area contributed by atoms with Crippen LogP contribution in [0.1, 0.15) is 49.6 Å². The van der Waals surface area contributed by atoms with Gasteiger partial charge in [0.15, 0.2) is 0 Å². The van der Waals surface area contributed by atoms with Gasteiger partial charge in [-0.1, -0.05) is 38.5 Å². The van der Waals surface area contributed by atoms with Gasteiger partial charge in [0.05, 0.1) is 6.04 Å². The summed E-state index contributed by atoms with van der Waals surface area (Å²) < 4.78 is 1.28. The van der Waals surface area contributed by atoms with E-state index in [1.807, 2.05) is 32.0 Å². The Kier molecular flexibility index (Phi) is 4.85. The number of nitrogens with zero attached hydrogens (tertiary/aromatic N) is 2. The van der Waals surface area contributed by atoms with Crippen LogP contribution in [-0.4, -0.2) is 37.6 Å². The minimum absolute atomic E-state index is 0.225. The molecule has 3 N–H and O–H groups in total. The largest absolute Gasteiger partial charge is 0.494 e. The molecular formula is C21H26N4O3. The molecule has 0 saturated heterocycles. The van der Waals surface area contributed by atoms with E-state index in [1.54, 1.807) is 0 Å². The van der Waals surface area contributed by atoms with Crippen molar-refractivity contribution in [1.82, 2.24) is 19.4 Å². The average Bonchev–Trinajstić information content (AvgIpc) is 3.06. The van der Waals surface area contributed by atoms with Gasteiger partial charge >= 0.3 is 5.69 Å². The Hall–Kier alpha value is -2.80. The number of para-hydroxylation sites is 1. The molecular weight excluding hydrogens is 356 g/mol. The Morgan fingerprint density at radius 2 is 1.96 bits per heavy atom. The van der Waals surface area contributed by atoms with E-state index in [2.05, 4.69) is 20.9 Å². The molecule has 3 aromatic rings. The Morgan fingerprint density at radius 1 is 1.18 bits per heavy atom. The summed E-state index contributed by atoms with van der Waals surface area (Å²) in [7, 11) is 0. The predicted octanol–water partition coefficient (Wildman–Crippen LogP) is 2.49. The van der Waals surface area contributed by atoms with Crippen molar-refractivity contribution in [2.75, 3.05) is 13.1 Å². The van der Waals surface area contributed by atoms with Gasteiger partial charge in [0.1, 0.15) is 5.56 Å². The molecule has 7 nitrogen and oxygen atoms in total. The minimum atomic E-state index is -0.560. The number of fused-ring (bicyclic) bond motifs is 3. The van der Waals surface area contributed by atoms with Crippen LogP contribution in [0, 0.1) is 0 Å². The first-order valence-electron chi connectivity index (χ1n) is 9.96. The van der Waals surface area contributed by atoms with Crippen molar-refractivity contribution in [2.24, 2.45) is 0 Å². The summed E-state index contributed by atoms with van der Waals surface area (Å²) in [5.41, 5.74) is 2.28. The van der Waals surface area contributed by atoms with Crippen LogP contribution in [0.5, 0.6) is 5.88 Å². The van der Waals surface area contributed by atoms with Gasteiger partial charge in [-0.3, -0.25) is 19.2 Å². The van der Waals surface area contributed by atoms with E-state index in [0.717, 1.165) is 48.9 Å². The molecule has 148 valence electrons. The fourth-order valence-corrected chi connectivity index (χ4v) is 4.30. The first-order chi connectivity index (χ1) is 13.6. The van der Waals surface area contributed by atoms with Crippen LogP contribution in [0.2, 0.25) is 0 Å². The number of hydrogen-bond donors (Lipinski definition) is 3. The fourth-order valence-electron chi connectivity index (χ4n) is 4.30. The van der Waals surface area contributed by atoms with Gasteiger partial charge in [0, 0.05) is 29.7 Å². The molecule has 0 amide bonds. The van der Waals surface area contributed by atoms with Gasteiger partial charge in [0.25, 0.3) is 5.56 Å². The molecule has 4 rings (SSSR count). The molecule has 0 fully saturated rings. The number of H-pyrrole nitrogens is 2. The van der Waals surface area contributed by atoms with Crippen molar-refractivity contribution in [3.63, 3.8) is 0 Å². The lowest BCUT2D eigenvalue weighted by Gasteiger charge is -2.35. The molecule has 1 aliphatic heterocycles. The quantitative estimate of drug-likeness (QED) is 0.632.